The van der Waals surface area contributed by atoms with E-state index in [4.69, 9.17) is 21.1 Å². The number of esters is 1. The second kappa shape index (κ2) is 9.28. The fourth-order valence-electron chi connectivity index (χ4n) is 2.93. The number of hydrogen-bond donors (Lipinski definition) is 1. The zero-order valence-corrected chi connectivity index (χ0v) is 17.8. The molecule has 1 heterocycles. The lowest BCUT2D eigenvalue weighted by molar-refractivity contribution is -0.151. The van der Waals surface area contributed by atoms with Gasteiger partial charge in [-0.25, -0.2) is 0 Å². The smallest absolute Gasteiger partial charge is 0.311 e. The average Bonchev–Trinajstić information content (AvgIpc) is 3.10. The molecule has 0 bridgehead atoms. The molecule has 152 valence electrons. The van der Waals surface area contributed by atoms with Crippen LogP contribution in [0.15, 0.2) is 46.9 Å². The summed E-state index contributed by atoms with van der Waals surface area (Å²) in [6.45, 7) is -0.278. The maximum absolute atomic E-state index is 12.3. The van der Waals surface area contributed by atoms with Crippen LogP contribution in [-0.2, 0) is 19.1 Å². The molecule has 0 aromatic heterocycles. The van der Waals surface area contributed by atoms with Crippen molar-refractivity contribution in [1.82, 2.24) is 0 Å². The van der Waals surface area contributed by atoms with Crippen LogP contribution in [0.2, 0.25) is 5.02 Å². The highest BCUT2D eigenvalue weighted by atomic mass is 79.9. The molecule has 7 nitrogen and oxygen atoms in total. The van der Waals surface area contributed by atoms with E-state index in [9.17, 15) is 14.4 Å². The predicted octanol–water partition coefficient (Wildman–Crippen LogP) is 3.65. The molecule has 0 radical (unpaired) electrons. The Bertz CT molecular complexity index is 952. The fraction of sp³-hybridized carbons (Fsp3) is 0.250. The Kier molecular flexibility index (Phi) is 6.76. The topological polar surface area (TPSA) is 84.9 Å². The molecule has 0 aliphatic carbocycles. The van der Waals surface area contributed by atoms with Gasteiger partial charge in [-0.15, -0.1) is 0 Å². The highest BCUT2D eigenvalue weighted by molar-refractivity contribution is 9.10. The number of methoxy groups -OCH3 is 1. The van der Waals surface area contributed by atoms with Gasteiger partial charge in [0.15, 0.2) is 6.61 Å². The van der Waals surface area contributed by atoms with Crippen molar-refractivity contribution in [2.24, 2.45) is 5.92 Å². The first-order chi connectivity index (χ1) is 13.9. The number of benzene rings is 2. The zero-order valence-electron chi connectivity index (χ0n) is 15.5. The van der Waals surface area contributed by atoms with Gasteiger partial charge in [-0.05, 0) is 30.3 Å². The van der Waals surface area contributed by atoms with Crippen molar-refractivity contribution in [3.63, 3.8) is 0 Å². The third kappa shape index (κ3) is 5.27. The van der Waals surface area contributed by atoms with E-state index in [-0.39, 0.29) is 18.9 Å². The summed E-state index contributed by atoms with van der Waals surface area (Å²) < 4.78 is 11.0. The average molecular weight is 482 g/mol. The first-order valence-corrected chi connectivity index (χ1v) is 9.90. The first kappa shape index (κ1) is 21.1. The minimum absolute atomic E-state index is 0.0240. The molecule has 1 atom stereocenters. The van der Waals surface area contributed by atoms with Crippen LogP contribution in [0.4, 0.5) is 11.4 Å². The number of carbonyl (C=O) groups is 3. The number of nitrogens with one attached hydrogen (secondary N) is 1. The van der Waals surface area contributed by atoms with E-state index in [2.05, 4.69) is 21.2 Å². The summed E-state index contributed by atoms with van der Waals surface area (Å²) in [5, 5.41) is 2.94. The number of anilines is 2. The van der Waals surface area contributed by atoms with Crippen molar-refractivity contribution >= 4 is 56.7 Å². The summed E-state index contributed by atoms with van der Waals surface area (Å²) in [4.78, 5) is 38.2. The maximum Gasteiger partial charge on any atom is 0.311 e. The van der Waals surface area contributed by atoms with Gasteiger partial charge in [0.2, 0.25) is 5.91 Å². The van der Waals surface area contributed by atoms with Crippen LogP contribution in [0.3, 0.4) is 0 Å². The molecule has 9 heteroatoms. The van der Waals surface area contributed by atoms with E-state index in [1.165, 1.54) is 12.0 Å². The van der Waals surface area contributed by atoms with Crippen molar-refractivity contribution in [3.05, 3.63) is 52.0 Å². The molecule has 1 saturated heterocycles. The molecule has 0 spiro atoms. The fourth-order valence-corrected chi connectivity index (χ4v) is 3.65. The summed E-state index contributed by atoms with van der Waals surface area (Å²) in [7, 11) is 1.54. The number of carbonyl (C=O) groups excluding carboxylic acids is 3. The molecule has 3 rings (SSSR count). The number of amides is 2. The van der Waals surface area contributed by atoms with E-state index in [1.54, 1.807) is 42.5 Å². The van der Waals surface area contributed by atoms with Gasteiger partial charge in [-0.1, -0.05) is 33.6 Å². The molecule has 1 aliphatic rings. The second-order valence-corrected chi connectivity index (χ2v) is 7.71. The number of nitrogens with zero attached hydrogens (tertiary/aromatic N) is 1. The molecule has 0 saturated carbocycles. The minimum Gasteiger partial charge on any atom is -0.497 e. The van der Waals surface area contributed by atoms with E-state index >= 15 is 0 Å². The van der Waals surface area contributed by atoms with Crippen LogP contribution in [0.25, 0.3) is 0 Å². The normalized spacial score (nSPS) is 15.9. The van der Waals surface area contributed by atoms with Crippen molar-refractivity contribution in [3.8, 4) is 5.75 Å². The van der Waals surface area contributed by atoms with Crippen LogP contribution in [0, 0.1) is 5.92 Å². The Morgan fingerprint density at radius 1 is 1.28 bits per heavy atom. The SMILES string of the molecule is COc1cccc(N2C[C@H](C(=O)OCC(=O)Nc3ccc(Br)cc3Cl)CC2=O)c1. The second-order valence-electron chi connectivity index (χ2n) is 6.39. The number of hydrogen-bond acceptors (Lipinski definition) is 5. The molecule has 29 heavy (non-hydrogen) atoms. The number of ether oxygens (including phenoxy) is 2. The van der Waals surface area contributed by atoms with Crippen LogP contribution in [-0.4, -0.2) is 38.0 Å². The molecule has 2 aromatic carbocycles. The van der Waals surface area contributed by atoms with E-state index < -0.39 is 24.4 Å². The van der Waals surface area contributed by atoms with E-state index in [0.717, 1.165) is 4.47 Å². The third-order valence-electron chi connectivity index (χ3n) is 4.37. The molecule has 2 aromatic rings. The summed E-state index contributed by atoms with van der Waals surface area (Å²) in [6.07, 6.45) is 0.0240. The molecular formula is C20H18BrClN2O5. The molecule has 1 fully saturated rings. The number of halogens is 2. The standard InChI is InChI=1S/C20H18BrClN2O5/c1-28-15-4-2-3-14(9-15)24-10-12(7-19(24)26)20(27)29-11-18(25)23-17-6-5-13(21)8-16(17)22/h2-6,8-9,12H,7,10-11H2,1H3,(H,23,25)/t12-/m1/s1. The van der Waals surface area contributed by atoms with Crippen LogP contribution in [0.5, 0.6) is 5.75 Å². The van der Waals surface area contributed by atoms with Crippen molar-refractivity contribution in [2.75, 3.05) is 30.5 Å². The minimum atomic E-state index is -0.641. The molecule has 2 amide bonds. The summed E-state index contributed by atoms with van der Waals surface area (Å²) in [6, 6.07) is 12.0. The molecule has 0 unspecified atom stereocenters. The summed E-state index contributed by atoms with van der Waals surface area (Å²) >= 11 is 9.33. The Hall–Kier alpha value is -2.58. The van der Waals surface area contributed by atoms with E-state index in [0.29, 0.717) is 22.1 Å². The molecular weight excluding hydrogens is 464 g/mol. The monoisotopic (exact) mass is 480 g/mol. The Morgan fingerprint density at radius 3 is 2.79 bits per heavy atom. The third-order valence-corrected chi connectivity index (χ3v) is 5.18. The maximum atomic E-state index is 12.3. The largest absolute Gasteiger partial charge is 0.497 e. The van der Waals surface area contributed by atoms with Gasteiger partial charge in [0.1, 0.15) is 5.75 Å². The van der Waals surface area contributed by atoms with Crippen molar-refractivity contribution in [1.29, 1.82) is 0 Å². The van der Waals surface area contributed by atoms with Gasteiger partial charge in [0.05, 0.1) is 23.7 Å². The highest BCUT2D eigenvalue weighted by Gasteiger charge is 2.36. The Morgan fingerprint density at radius 2 is 2.07 bits per heavy atom. The first-order valence-electron chi connectivity index (χ1n) is 8.73. The van der Waals surface area contributed by atoms with Crippen molar-refractivity contribution in [2.45, 2.75) is 6.42 Å². The lowest BCUT2D eigenvalue weighted by atomic mass is 10.1. The zero-order chi connectivity index (χ0) is 21.0. The van der Waals surface area contributed by atoms with Crippen LogP contribution in [0.1, 0.15) is 6.42 Å². The van der Waals surface area contributed by atoms with Gasteiger partial charge >= 0.3 is 5.97 Å². The van der Waals surface area contributed by atoms with Gasteiger partial charge in [0, 0.05) is 29.2 Å². The lowest BCUT2D eigenvalue weighted by Crippen LogP contribution is -2.28. The quantitative estimate of drug-likeness (QED) is 0.637. The molecule has 1 aliphatic heterocycles. The number of rotatable bonds is 6. The van der Waals surface area contributed by atoms with Crippen LogP contribution < -0.4 is 15.0 Å². The predicted molar refractivity (Wildman–Crippen MR) is 112 cm³/mol. The van der Waals surface area contributed by atoms with Gasteiger partial charge in [-0.3, -0.25) is 14.4 Å². The van der Waals surface area contributed by atoms with E-state index in [1.807, 2.05) is 0 Å². The molecule has 1 N–H and O–H groups in total. The van der Waals surface area contributed by atoms with Crippen molar-refractivity contribution < 1.29 is 23.9 Å². The Labute approximate surface area is 181 Å². The van der Waals surface area contributed by atoms with Gasteiger partial charge in [0.25, 0.3) is 5.91 Å². The summed E-state index contributed by atoms with van der Waals surface area (Å²) in [5.74, 6) is -1.33. The van der Waals surface area contributed by atoms with Crippen LogP contribution >= 0.6 is 27.5 Å². The lowest BCUT2D eigenvalue weighted by Gasteiger charge is -2.17. The van der Waals surface area contributed by atoms with Gasteiger partial charge in [-0.2, -0.15) is 0 Å². The highest BCUT2D eigenvalue weighted by Crippen LogP contribution is 2.29. The van der Waals surface area contributed by atoms with Gasteiger partial charge < -0.3 is 19.7 Å². The summed E-state index contributed by atoms with van der Waals surface area (Å²) in [5.41, 5.74) is 1.06. The Balaban J connectivity index is 1.54.